The Morgan fingerprint density at radius 2 is 1.83 bits per heavy atom. The lowest BCUT2D eigenvalue weighted by molar-refractivity contribution is 0.466. The number of hydrogen-bond donors (Lipinski definition) is 0. The number of aromatic nitrogens is 2. The molecule has 5 nitrogen and oxygen atoms in total. The lowest BCUT2D eigenvalue weighted by atomic mass is 9.95. The van der Waals surface area contributed by atoms with Gasteiger partial charge in [-0.1, -0.05) is 41.5 Å². The number of thioether (sulfide) groups is 1. The summed E-state index contributed by atoms with van der Waals surface area (Å²) in [5.74, 6) is 1.39. The number of aryl methyl sites for hydroxylation is 1. The molecular formula is C22H19BrN2O3S. The van der Waals surface area contributed by atoms with E-state index in [2.05, 4.69) is 46.0 Å². The van der Waals surface area contributed by atoms with Gasteiger partial charge in [0.15, 0.2) is 0 Å². The Bertz CT molecular complexity index is 1230. The number of halogens is 1. The second-order valence-electron chi connectivity index (χ2n) is 7.12. The minimum Gasteiger partial charge on any atom is -0.423 e. The van der Waals surface area contributed by atoms with Crippen LogP contribution in [0.5, 0.6) is 0 Å². The largest absolute Gasteiger partial charge is 0.423 e. The van der Waals surface area contributed by atoms with Gasteiger partial charge in [-0.2, -0.15) is 0 Å². The summed E-state index contributed by atoms with van der Waals surface area (Å²) < 4.78 is 12.2. The summed E-state index contributed by atoms with van der Waals surface area (Å²) in [4.78, 5) is 12.0. The standard InChI is InChI=1S/C22H19BrN2O3S/c1-12(2)17-10-18-15(9-20(26)27-19(18)8-13(17)3)11-29-22-25-24-21(28-22)14-4-6-16(23)7-5-14/h4-10,12H,11H2,1-3H3. The molecule has 0 N–H and O–H groups in total. The van der Waals surface area contributed by atoms with E-state index in [1.165, 1.54) is 17.3 Å². The van der Waals surface area contributed by atoms with E-state index < -0.39 is 0 Å². The van der Waals surface area contributed by atoms with E-state index in [0.717, 1.165) is 26.5 Å². The first kappa shape index (κ1) is 19.9. The van der Waals surface area contributed by atoms with Gasteiger partial charge in [-0.05, 0) is 65.9 Å². The second-order valence-corrected chi connectivity index (χ2v) is 8.96. The van der Waals surface area contributed by atoms with Crippen LogP contribution in [0.15, 0.2) is 65.8 Å². The molecule has 148 valence electrons. The highest BCUT2D eigenvalue weighted by molar-refractivity contribution is 9.10. The van der Waals surface area contributed by atoms with Crippen LogP contribution in [0.3, 0.4) is 0 Å². The summed E-state index contributed by atoms with van der Waals surface area (Å²) in [5, 5.41) is 9.65. The Morgan fingerprint density at radius 1 is 1.07 bits per heavy atom. The molecule has 0 aliphatic heterocycles. The summed E-state index contributed by atoms with van der Waals surface area (Å²) in [7, 11) is 0. The molecule has 29 heavy (non-hydrogen) atoms. The minimum atomic E-state index is -0.356. The van der Waals surface area contributed by atoms with E-state index in [-0.39, 0.29) is 5.63 Å². The van der Waals surface area contributed by atoms with Crippen molar-refractivity contribution >= 4 is 38.7 Å². The summed E-state index contributed by atoms with van der Waals surface area (Å²) in [6.07, 6.45) is 0. The van der Waals surface area contributed by atoms with E-state index >= 15 is 0 Å². The van der Waals surface area contributed by atoms with Gasteiger partial charge in [-0.25, -0.2) is 4.79 Å². The van der Waals surface area contributed by atoms with Crippen LogP contribution in [-0.2, 0) is 5.75 Å². The average molecular weight is 471 g/mol. The van der Waals surface area contributed by atoms with Crippen molar-refractivity contribution in [2.75, 3.05) is 0 Å². The van der Waals surface area contributed by atoms with Gasteiger partial charge in [-0.3, -0.25) is 0 Å². The summed E-state index contributed by atoms with van der Waals surface area (Å²) >= 11 is 4.82. The van der Waals surface area contributed by atoms with Crippen molar-refractivity contribution in [1.29, 1.82) is 0 Å². The van der Waals surface area contributed by atoms with Gasteiger partial charge in [0.05, 0.1) is 0 Å². The fourth-order valence-electron chi connectivity index (χ4n) is 3.25. The van der Waals surface area contributed by atoms with Crippen LogP contribution < -0.4 is 5.63 Å². The Labute approximate surface area is 180 Å². The first-order chi connectivity index (χ1) is 13.9. The molecule has 2 aromatic heterocycles. The number of rotatable bonds is 5. The fourth-order valence-corrected chi connectivity index (χ4v) is 4.27. The number of hydrogen-bond acceptors (Lipinski definition) is 6. The maximum Gasteiger partial charge on any atom is 0.336 e. The molecule has 0 radical (unpaired) electrons. The Balaban J connectivity index is 1.62. The van der Waals surface area contributed by atoms with Gasteiger partial charge in [-0.15, -0.1) is 10.2 Å². The van der Waals surface area contributed by atoms with Crippen LogP contribution >= 0.6 is 27.7 Å². The summed E-state index contributed by atoms with van der Waals surface area (Å²) in [6.45, 7) is 6.35. The Hall–Kier alpha value is -2.38. The molecule has 0 saturated carbocycles. The Morgan fingerprint density at radius 3 is 2.55 bits per heavy atom. The Kier molecular flexibility index (Phi) is 5.61. The molecule has 0 spiro atoms. The molecule has 0 saturated heterocycles. The first-order valence-corrected chi connectivity index (χ1v) is 11.0. The zero-order valence-electron chi connectivity index (χ0n) is 16.2. The molecule has 0 atom stereocenters. The fraction of sp³-hybridized carbons (Fsp3) is 0.227. The lowest BCUT2D eigenvalue weighted by Crippen LogP contribution is -2.02. The topological polar surface area (TPSA) is 69.1 Å². The highest BCUT2D eigenvalue weighted by Gasteiger charge is 2.14. The predicted octanol–water partition coefficient (Wildman–Crippen LogP) is 6.33. The third kappa shape index (κ3) is 4.31. The predicted molar refractivity (Wildman–Crippen MR) is 118 cm³/mol. The quantitative estimate of drug-likeness (QED) is 0.250. The van der Waals surface area contributed by atoms with Crippen LogP contribution in [0.4, 0.5) is 0 Å². The van der Waals surface area contributed by atoms with Crippen molar-refractivity contribution in [2.45, 2.75) is 37.7 Å². The van der Waals surface area contributed by atoms with Crippen molar-refractivity contribution < 1.29 is 8.83 Å². The van der Waals surface area contributed by atoms with Crippen LogP contribution in [0.25, 0.3) is 22.4 Å². The molecule has 4 aromatic rings. The van der Waals surface area contributed by atoms with Crippen molar-refractivity contribution in [1.82, 2.24) is 10.2 Å². The molecule has 2 heterocycles. The molecule has 2 aromatic carbocycles. The minimum absolute atomic E-state index is 0.356. The zero-order valence-corrected chi connectivity index (χ0v) is 18.6. The normalized spacial score (nSPS) is 11.5. The van der Waals surface area contributed by atoms with Gasteiger partial charge in [0, 0.05) is 27.2 Å². The van der Waals surface area contributed by atoms with E-state index in [1.807, 2.05) is 37.3 Å². The van der Waals surface area contributed by atoms with E-state index in [1.54, 1.807) is 6.07 Å². The van der Waals surface area contributed by atoms with Crippen LogP contribution in [0, 0.1) is 6.92 Å². The van der Waals surface area contributed by atoms with Crippen LogP contribution in [0.2, 0.25) is 0 Å². The SMILES string of the molecule is Cc1cc2oc(=O)cc(CSc3nnc(-c4ccc(Br)cc4)o3)c2cc1C(C)C. The first-order valence-electron chi connectivity index (χ1n) is 9.20. The van der Waals surface area contributed by atoms with Crippen molar-refractivity contribution in [2.24, 2.45) is 0 Å². The highest BCUT2D eigenvalue weighted by atomic mass is 79.9. The molecule has 0 aliphatic carbocycles. The molecule has 0 bridgehead atoms. The monoisotopic (exact) mass is 470 g/mol. The molecule has 0 fully saturated rings. The van der Waals surface area contributed by atoms with Gasteiger partial charge >= 0.3 is 5.63 Å². The smallest absolute Gasteiger partial charge is 0.336 e. The maximum atomic E-state index is 12.0. The second kappa shape index (κ2) is 8.16. The van der Waals surface area contributed by atoms with Gasteiger partial charge in [0.1, 0.15) is 5.58 Å². The van der Waals surface area contributed by atoms with E-state index in [9.17, 15) is 4.79 Å². The average Bonchev–Trinajstić information content (AvgIpc) is 3.14. The molecule has 0 unspecified atom stereocenters. The van der Waals surface area contributed by atoms with Crippen LogP contribution in [-0.4, -0.2) is 10.2 Å². The van der Waals surface area contributed by atoms with E-state index in [4.69, 9.17) is 8.83 Å². The number of benzene rings is 2. The zero-order chi connectivity index (χ0) is 20.5. The van der Waals surface area contributed by atoms with Gasteiger partial charge < -0.3 is 8.83 Å². The molecule has 0 aliphatic rings. The third-order valence-corrected chi connectivity index (χ3v) is 6.08. The molecule has 0 amide bonds. The van der Waals surface area contributed by atoms with Crippen molar-refractivity contribution in [3.8, 4) is 11.5 Å². The number of nitrogens with zero attached hydrogens (tertiary/aromatic N) is 2. The van der Waals surface area contributed by atoms with Crippen LogP contribution in [0.1, 0.15) is 36.5 Å². The maximum absolute atomic E-state index is 12.0. The summed E-state index contributed by atoms with van der Waals surface area (Å²) in [6, 6.07) is 13.3. The third-order valence-electron chi connectivity index (χ3n) is 4.69. The van der Waals surface area contributed by atoms with Crippen molar-refractivity contribution in [3.63, 3.8) is 0 Å². The molecular weight excluding hydrogens is 452 g/mol. The molecule has 7 heteroatoms. The number of fused-ring (bicyclic) bond motifs is 1. The lowest BCUT2D eigenvalue weighted by Gasteiger charge is -2.12. The van der Waals surface area contributed by atoms with Crippen molar-refractivity contribution in [3.05, 3.63) is 74.0 Å². The van der Waals surface area contributed by atoms with Gasteiger partial charge in [0.25, 0.3) is 5.22 Å². The summed E-state index contributed by atoms with van der Waals surface area (Å²) in [5.41, 5.74) is 4.37. The van der Waals surface area contributed by atoms with E-state index in [0.29, 0.717) is 28.4 Å². The van der Waals surface area contributed by atoms with Gasteiger partial charge in [0.2, 0.25) is 5.89 Å². The highest BCUT2D eigenvalue weighted by Crippen LogP contribution is 2.31. The molecule has 4 rings (SSSR count).